The van der Waals surface area contributed by atoms with Gasteiger partial charge in [-0.2, -0.15) is 13.2 Å². The van der Waals surface area contributed by atoms with Gasteiger partial charge in [0.05, 0.1) is 10.5 Å². The van der Waals surface area contributed by atoms with Gasteiger partial charge in [-0.05, 0) is 55.8 Å². The van der Waals surface area contributed by atoms with E-state index in [9.17, 15) is 26.4 Å². The molecular formula is C23H28F3N3O4S. The normalized spacial score (nSPS) is 15.8. The Bertz CT molecular complexity index is 1080. The van der Waals surface area contributed by atoms with Crippen molar-refractivity contribution in [1.29, 1.82) is 0 Å². The number of sulfonamides is 1. The number of nitrogens with zero attached hydrogens (tertiary/aromatic N) is 2. The molecule has 1 N–H and O–H groups in total. The highest BCUT2D eigenvalue weighted by Crippen LogP contribution is 2.31. The van der Waals surface area contributed by atoms with Gasteiger partial charge in [0.1, 0.15) is 5.75 Å². The van der Waals surface area contributed by atoms with E-state index in [2.05, 4.69) is 4.72 Å². The fraction of sp³-hybridized carbons (Fsp3) is 0.435. The predicted octanol–water partition coefficient (Wildman–Crippen LogP) is 3.51. The Morgan fingerprint density at radius 2 is 1.74 bits per heavy atom. The lowest BCUT2D eigenvalue weighted by Gasteiger charge is -2.36. The summed E-state index contributed by atoms with van der Waals surface area (Å²) in [5.41, 5.74) is -0.234. The van der Waals surface area contributed by atoms with Crippen molar-refractivity contribution in [2.24, 2.45) is 0 Å². The first-order valence-corrected chi connectivity index (χ1v) is 12.4. The SMILES string of the molecule is CC[C@H](C)NS(=O)(=O)c1ccc(OCC(=O)N2CCN(c3cccc(C(F)(F)F)c3)CC2)cc1. The van der Waals surface area contributed by atoms with Crippen LogP contribution in [-0.2, 0) is 21.0 Å². The van der Waals surface area contributed by atoms with Gasteiger partial charge in [-0.1, -0.05) is 13.0 Å². The van der Waals surface area contributed by atoms with Crippen molar-refractivity contribution in [3.8, 4) is 5.75 Å². The van der Waals surface area contributed by atoms with Gasteiger partial charge in [-0.15, -0.1) is 0 Å². The molecule has 1 heterocycles. The average molecular weight is 500 g/mol. The average Bonchev–Trinajstić information content (AvgIpc) is 2.82. The molecule has 0 unspecified atom stereocenters. The van der Waals surface area contributed by atoms with Crippen molar-refractivity contribution in [1.82, 2.24) is 9.62 Å². The fourth-order valence-corrected chi connectivity index (χ4v) is 4.79. The molecule has 1 atom stereocenters. The topological polar surface area (TPSA) is 78.9 Å². The van der Waals surface area contributed by atoms with Crippen LogP contribution in [0.5, 0.6) is 5.75 Å². The number of carbonyl (C=O) groups excluding carboxylic acids is 1. The van der Waals surface area contributed by atoms with Crippen LogP contribution in [0.1, 0.15) is 25.8 Å². The van der Waals surface area contributed by atoms with Crippen LogP contribution in [-0.4, -0.2) is 58.1 Å². The van der Waals surface area contributed by atoms with Gasteiger partial charge in [-0.3, -0.25) is 4.79 Å². The van der Waals surface area contributed by atoms with E-state index < -0.39 is 21.8 Å². The van der Waals surface area contributed by atoms with Gasteiger partial charge in [0.25, 0.3) is 5.91 Å². The second-order valence-corrected chi connectivity index (χ2v) is 9.82. The third-order valence-corrected chi connectivity index (χ3v) is 7.24. The number of carbonyl (C=O) groups is 1. The number of ether oxygens (including phenoxy) is 1. The number of alkyl halides is 3. The first-order valence-electron chi connectivity index (χ1n) is 10.9. The molecule has 34 heavy (non-hydrogen) atoms. The Balaban J connectivity index is 1.50. The zero-order chi connectivity index (χ0) is 24.9. The van der Waals surface area contributed by atoms with Crippen LogP contribution in [0.2, 0.25) is 0 Å². The minimum absolute atomic E-state index is 0.109. The van der Waals surface area contributed by atoms with E-state index in [-0.39, 0.29) is 23.5 Å². The molecule has 0 bridgehead atoms. The largest absolute Gasteiger partial charge is 0.484 e. The van der Waals surface area contributed by atoms with Crippen molar-refractivity contribution >= 4 is 21.6 Å². The molecule has 0 saturated carbocycles. The van der Waals surface area contributed by atoms with Gasteiger partial charge in [0.2, 0.25) is 10.0 Å². The number of benzene rings is 2. The van der Waals surface area contributed by atoms with Gasteiger partial charge >= 0.3 is 6.18 Å². The van der Waals surface area contributed by atoms with Crippen LogP contribution in [0.15, 0.2) is 53.4 Å². The van der Waals surface area contributed by atoms with Crippen molar-refractivity contribution in [3.05, 3.63) is 54.1 Å². The summed E-state index contributed by atoms with van der Waals surface area (Å²) in [6, 6.07) is 10.8. The number of hydrogen-bond donors (Lipinski definition) is 1. The quantitative estimate of drug-likeness (QED) is 0.602. The number of hydrogen-bond acceptors (Lipinski definition) is 5. The third-order valence-electron chi connectivity index (χ3n) is 5.64. The van der Waals surface area contributed by atoms with Gasteiger partial charge in [0, 0.05) is 37.9 Å². The van der Waals surface area contributed by atoms with Crippen molar-refractivity contribution < 1.29 is 31.1 Å². The van der Waals surface area contributed by atoms with E-state index in [4.69, 9.17) is 4.74 Å². The second-order valence-electron chi connectivity index (χ2n) is 8.11. The summed E-state index contributed by atoms with van der Waals surface area (Å²) in [7, 11) is -3.62. The highest BCUT2D eigenvalue weighted by molar-refractivity contribution is 7.89. The lowest BCUT2D eigenvalue weighted by molar-refractivity contribution is -0.137. The van der Waals surface area contributed by atoms with Gasteiger partial charge < -0.3 is 14.5 Å². The standard InChI is InChI=1S/C23H28F3N3O4S/c1-3-17(2)27-34(31,32)21-9-7-20(8-10-21)33-16-22(30)29-13-11-28(12-14-29)19-6-4-5-18(15-19)23(24,25)26/h4-10,15,17,27H,3,11-14,16H2,1-2H3/t17-/m0/s1. The molecule has 1 aliphatic rings. The number of rotatable bonds is 8. The summed E-state index contributed by atoms with van der Waals surface area (Å²) in [4.78, 5) is 16.0. The molecule has 1 aliphatic heterocycles. The van der Waals surface area contributed by atoms with Gasteiger partial charge in [-0.25, -0.2) is 13.1 Å². The number of amides is 1. The molecule has 1 saturated heterocycles. The van der Waals surface area contributed by atoms with Crippen molar-refractivity contribution in [2.75, 3.05) is 37.7 Å². The van der Waals surface area contributed by atoms with E-state index in [1.54, 1.807) is 17.9 Å². The number of nitrogens with one attached hydrogen (secondary N) is 1. The molecule has 2 aromatic carbocycles. The molecule has 1 amide bonds. The van der Waals surface area contributed by atoms with Crippen LogP contribution in [0.25, 0.3) is 0 Å². The van der Waals surface area contributed by atoms with Crippen LogP contribution in [0.3, 0.4) is 0 Å². The van der Waals surface area contributed by atoms with Crippen molar-refractivity contribution in [2.45, 2.75) is 37.4 Å². The van der Waals surface area contributed by atoms with E-state index in [1.165, 1.54) is 30.3 Å². The molecule has 0 spiro atoms. The van der Waals surface area contributed by atoms with Crippen LogP contribution >= 0.6 is 0 Å². The Morgan fingerprint density at radius 1 is 1.09 bits per heavy atom. The lowest BCUT2D eigenvalue weighted by Crippen LogP contribution is -2.50. The smallest absolute Gasteiger partial charge is 0.416 e. The Labute approximate surface area is 197 Å². The lowest BCUT2D eigenvalue weighted by atomic mass is 10.1. The molecule has 3 rings (SSSR count). The zero-order valence-electron chi connectivity index (χ0n) is 19.0. The first kappa shape index (κ1) is 25.8. The molecule has 0 aromatic heterocycles. The van der Waals surface area contributed by atoms with E-state index >= 15 is 0 Å². The number of piperazine rings is 1. The summed E-state index contributed by atoms with van der Waals surface area (Å²) < 4.78 is 71.6. The maximum atomic E-state index is 13.0. The number of anilines is 1. The summed E-state index contributed by atoms with van der Waals surface area (Å²) in [5.74, 6) is 0.109. The van der Waals surface area contributed by atoms with Crippen molar-refractivity contribution in [3.63, 3.8) is 0 Å². The molecule has 186 valence electrons. The Kier molecular flexibility index (Phi) is 8.09. The minimum atomic E-state index is -4.40. The summed E-state index contributed by atoms with van der Waals surface area (Å²) in [5, 5.41) is 0. The predicted molar refractivity (Wildman–Crippen MR) is 122 cm³/mol. The van der Waals surface area contributed by atoms with E-state index in [0.29, 0.717) is 44.0 Å². The third kappa shape index (κ3) is 6.63. The van der Waals surface area contributed by atoms with Crippen LogP contribution in [0.4, 0.5) is 18.9 Å². The van der Waals surface area contributed by atoms with E-state index in [0.717, 1.165) is 12.1 Å². The Morgan fingerprint density at radius 3 is 2.32 bits per heavy atom. The molecule has 2 aromatic rings. The summed E-state index contributed by atoms with van der Waals surface area (Å²) >= 11 is 0. The molecular weight excluding hydrogens is 471 g/mol. The highest BCUT2D eigenvalue weighted by Gasteiger charge is 2.31. The minimum Gasteiger partial charge on any atom is -0.484 e. The molecule has 0 radical (unpaired) electrons. The second kappa shape index (κ2) is 10.6. The van der Waals surface area contributed by atoms with Crippen LogP contribution in [0, 0.1) is 0 Å². The van der Waals surface area contributed by atoms with Crippen LogP contribution < -0.4 is 14.4 Å². The maximum Gasteiger partial charge on any atom is 0.416 e. The summed E-state index contributed by atoms with van der Waals surface area (Å²) in [6.45, 7) is 4.96. The monoisotopic (exact) mass is 499 g/mol. The summed E-state index contributed by atoms with van der Waals surface area (Å²) in [6.07, 6.45) is -3.74. The number of halogens is 3. The fourth-order valence-electron chi connectivity index (χ4n) is 3.46. The maximum absolute atomic E-state index is 13.0. The van der Waals surface area contributed by atoms with Gasteiger partial charge in [0.15, 0.2) is 6.61 Å². The first-order chi connectivity index (χ1) is 16.0. The molecule has 7 nitrogen and oxygen atoms in total. The molecule has 0 aliphatic carbocycles. The van der Waals surface area contributed by atoms with E-state index in [1.807, 2.05) is 11.8 Å². The Hall–Kier alpha value is -2.79. The molecule has 11 heteroatoms. The highest BCUT2D eigenvalue weighted by atomic mass is 32.2. The molecule has 1 fully saturated rings. The zero-order valence-corrected chi connectivity index (χ0v) is 19.8.